The van der Waals surface area contributed by atoms with Crippen molar-refractivity contribution in [1.29, 1.82) is 0 Å². The maximum atomic E-state index is 14.7. The third-order valence-corrected chi connectivity index (χ3v) is 6.02. The van der Waals surface area contributed by atoms with E-state index in [0.717, 1.165) is 38.4 Å². The van der Waals surface area contributed by atoms with Crippen LogP contribution in [0, 0.1) is 41.0 Å². The van der Waals surface area contributed by atoms with Gasteiger partial charge in [0.2, 0.25) is 0 Å². The van der Waals surface area contributed by atoms with E-state index in [1.165, 1.54) is 30.3 Å². The molecular formula is C26H22F4O. The van der Waals surface area contributed by atoms with Crippen molar-refractivity contribution in [3.05, 3.63) is 82.4 Å². The number of ether oxygens (including phenoxy) is 1. The predicted molar refractivity (Wildman–Crippen MR) is 113 cm³/mol. The molecule has 0 aliphatic heterocycles. The summed E-state index contributed by atoms with van der Waals surface area (Å²) in [5, 5.41) is 0.596. The number of rotatable bonds is 3. The number of methoxy groups -OCH3 is 1. The molecule has 0 unspecified atom stereocenters. The molecule has 0 aromatic heterocycles. The molecule has 0 N–H and O–H groups in total. The minimum absolute atomic E-state index is 0.132. The summed E-state index contributed by atoms with van der Waals surface area (Å²) < 4.78 is 61.7. The van der Waals surface area contributed by atoms with Crippen LogP contribution >= 0.6 is 0 Å². The van der Waals surface area contributed by atoms with E-state index in [1.807, 2.05) is 0 Å². The van der Waals surface area contributed by atoms with Crippen LogP contribution in [-0.4, -0.2) is 13.7 Å². The summed E-state index contributed by atoms with van der Waals surface area (Å²) in [6.07, 6.45) is 3.73. The minimum Gasteiger partial charge on any atom is -0.384 e. The van der Waals surface area contributed by atoms with Crippen LogP contribution in [0.2, 0.25) is 0 Å². The Balaban J connectivity index is 1.56. The summed E-state index contributed by atoms with van der Waals surface area (Å²) >= 11 is 0. The fourth-order valence-electron chi connectivity index (χ4n) is 4.32. The number of halogens is 4. The zero-order valence-electron chi connectivity index (χ0n) is 17.2. The molecule has 0 saturated heterocycles. The van der Waals surface area contributed by atoms with Crippen molar-refractivity contribution in [2.24, 2.45) is 5.92 Å². The Bertz CT molecular complexity index is 1140. The molecule has 5 heteroatoms. The molecule has 3 aromatic rings. The van der Waals surface area contributed by atoms with Gasteiger partial charge in [-0.25, -0.2) is 17.6 Å². The smallest absolute Gasteiger partial charge is 0.166 e. The summed E-state index contributed by atoms with van der Waals surface area (Å²) in [5.41, 5.74) is 0.833. The first-order chi connectivity index (χ1) is 15.0. The lowest BCUT2D eigenvalue weighted by Crippen LogP contribution is -2.17. The Morgan fingerprint density at radius 2 is 1.55 bits per heavy atom. The first kappa shape index (κ1) is 21.4. The molecule has 1 saturated carbocycles. The SMILES string of the molecule is COCC1CCC(c2cc(F)c(C#Cc3ccc4c(F)c(F)ccc4c3)c(F)c2)CC1. The van der Waals surface area contributed by atoms with Crippen LogP contribution in [0.15, 0.2) is 42.5 Å². The molecule has 0 bridgehead atoms. The highest BCUT2D eigenvalue weighted by Crippen LogP contribution is 2.36. The van der Waals surface area contributed by atoms with Crippen LogP contribution in [0.4, 0.5) is 17.6 Å². The maximum Gasteiger partial charge on any atom is 0.166 e. The van der Waals surface area contributed by atoms with Crippen LogP contribution in [0.5, 0.6) is 0 Å². The van der Waals surface area contributed by atoms with Gasteiger partial charge in [-0.3, -0.25) is 0 Å². The minimum atomic E-state index is -0.930. The van der Waals surface area contributed by atoms with Crippen molar-refractivity contribution in [1.82, 2.24) is 0 Å². The van der Waals surface area contributed by atoms with Gasteiger partial charge in [-0.15, -0.1) is 0 Å². The van der Waals surface area contributed by atoms with Gasteiger partial charge in [-0.1, -0.05) is 24.0 Å². The summed E-state index contributed by atoms with van der Waals surface area (Å²) in [6, 6.07) is 9.72. The highest BCUT2D eigenvalue weighted by atomic mass is 19.2. The van der Waals surface area contributed by atoms with Crippen LogP contribution in [0.25, 0.3) is 10.8 Å². The fraction of sp³-hybridized carbons (Fsp3) is 0.308. The van der Waals surface area contributed by atoms with Gasteiger partial charge in [-0.2, -0.15) is 0 Å². The molecule has 31 heavy (non-hydrogen) atoms. The number of benzene rings is 3. The van der Waals surface area contributed by atoms with Crippen molar-refractivity contribution >= 4 is 10.8 Å². The normalized spacial score (nSPS) is 18.6. The van der Waals surface area contributed by atoms with E-state index in [9.17, 15) is 17.6 Å². The monoisotopic (exact) mass is 426 g/mol. The standard InChI is InChI=1S/C26H22F4O/c1-31-15-17-2-6-18(7-3-17)20-13-24(28)22(25(29)14-20)10-5-16-4-9-21-19(12-16)8-11-23(27)26(21)30/h4,8-9,11-14,17-18H,2-3,6-7,15H2,1H3. The van der Waals surface area contributed by atoms with E-state index in [-0.39, 0.29) is 16.9 Å². The molecule has 0 radical (unpaired) electrons. The molecule has 160 valence electrons. The lowest BCUT2D eigenvalue weighted by atomic mass is 9.79. The molecule has 1 fully saturated rings. The van der Waals surface area contributed by atoms with E-state index in [1.54, 1.807) is 13.2 Å². The summed E-state index contributed by atoms with van der Waals surface area (Å²) in [4.78, 5) is 0. The van der Waals surface area contributed by atoms with Gasteiger partial charge in [-0.05, 0) is 78.8 Å². The number of hydrogen-bond acceptors (Lipinski definition) is 1. The van der Waals surface area contributed by atoms with Crippen molar-refractivity contribution in [2.75, 3.05) is 13.7 Å². The molecule has 1 aliphatic carbocycles. The largest absolute Gasteiger partial charge is 0.384 e. The Labute approximate surface area is 179 Å². The molecule has 4 rings (SSSR count). The van der Waals surface area contributed by atoms with Crippen LogP contribution in [0.3, 0.4) is 0 Å². The molecule has 1 aliphatic rings. The number of fused-ring (bicyclic) bond motifs is 1. The molecular weight excluding hydrogens is 404 g/mol. The molecule has 0 amide bonds. The average Bonchev–Trinajstić information content (AvgIpc) is 2.76. The van der Waals surface area contributed by atoms with Crippen LogP contribution < -0.4 is 0 Å². The van der Waals surface area contributed by atoms with E-state index >= 15 is 0 Å². The third-order valence-electron chi connectivity index (χ3n) is 6.02. The Hall–Kier alpha value is -2.84. The van der Waals surface area contributed by atoms with Crippen molar-refractivity contribution in [3.63, 3.8) is 0 Å². The second kappa shape index (κ2) is 9.11. The predicted octanol–water partition coefficient (Wildman–Crippen LogP) is 6.72. The second-order valence-electron chi connectivity index (χ2n) is 8.08. The Morgan fingerprint density at radius 3 is 2.23 bits per heavy atom. The lowest BCUT2D eigenvalue weighted by molar-refractivity contribution is 0.127. The first-order valence-electron chi connectivity index (χ1n) is 10.3. The summed E-state index contributed by atoms with van der Waals surface area (Å²) in [7, 11) is 1.69. The topological polar surface area (TPSA) is 9.23 Å². The fourth-order valence-corrected chi connectivity index (χ4v) is 4.32. The van der Waals surface area contributed by atoms with Crippen molar-refractivity contribution in [3.8, 4) is 11.8 Å². The van der Waals surface area contributed by atoms with E-state index in [0.29, 0.717) is 22.4 Å². The number of hydrogen-bond donors (Lipinski definition) is 0. The maximum absolute atomic E-state index is 14.7. The molecule has 0 atom stereocenters. The van der Waals surface area contributed by atoms with Gasteiger partial charge in [0.1, 0.15) is 11.6 Å². The zero-order valence-corrected chi connectivity index (χ0v) is 17.2. The van der Waals surface area contributed by atoms with Crippen LogP contribution in [-0.2, 0) is 4.74 Å². The van der Waals surface area contributed by atoms with E-state index in [2.05, 4.69) is 11.8 Å². The van der Waals surface area contributed by atoms with Gasteiger partial charge in [0, 0.05) is 24.7 Å². The Morgan fingerprint density at radius 1 is 0.839 bits per heavy atom. The quantitative estimate of drug-likeness (QED) is 0.334. The molecule has 0 heterocycles. The zero-order chi connectivity index (χ0) is 22.0. The average molecular weight is 426 g/mol. The molecule has 1 nitrogen and oxygen atoms in total. The van der Waals surface area contributed by atoms with Gasteiger partial charge in [0.25, 0.3) is 0 Å². The highest BCUT2D eigenvalue weighted by molar-refractivity contribution is 5.84. The molecule has 3 aromatic carbocycles. The Kier molecular flexibility index (Phi) is 6.29. The van der Waals surface area contributed by atoms with Gasteiger partial charge >= 0.3 is 0 Å². The summed E-state index contributed by atoms with van der Waals surface area (Å²) in [5.74, 6) is 2.70. The first-order valence-corrected chi connectivity index (χ1v) is 10.3. The lowest BCUT2D eigenvalue weighted by Gasteiger charge is -2.28. The summed E-state index contributed by atoms with van der Waals surface area (Å²) in [6.45, 7) is 0.723. The van der Waals surface area contributed by atoms with Crippen molar-refractivity contribution < 1.29 is 22.3 Å². The van der Waals surface area contributed by atoms with Gasteiger partial charge in [0.15, 0.2) is 11.6 Å². The van der Waals surface area contributed by atoms with Crippen LogP contribution in [0.1, 0.15) is 48.3 Å². The van der Waals surface area contributed by atoms with E-state index < -0.39 is 23.3 Å². The van der Waals surface area contributed by atoms with Gasteiger partial charge in [0.05, 0.1) is 5.56 Å². The molecule has 0 spiro atoms. The highest BCUT2D eigenvalue weighted by Gasteiger charge is 2.24. The third kappa shape index (κ3) is 4.60. The van der Waals surface area contributed by atoms with Crippen molar-refractivity contribution in [2.45, 2.75) is 31.6 Å². The van der Waals surface area contributed by atoms with Gasteiger partial charge < -0.3 is 4.74 Å². The second-order valence-corrected chi connectivity index (χ2v) is 8.08. The van der Waals surface area contributed by atoms with E-state index in [4.69, 9.17) is 4.74 Å².